The summed E-state index contributed by atoms with van der Waals surface area (Å²) in [7, 11) is 0. The van der Waals surface area contributed by atoms with Crippen LogP contribution in [-0.4, -0.2) is 44.1 Å². The van der Waals surface area contributed by atoms with Gasteiger partial charge in [0.2, 0.25) is 17.8 Å². The van der Waals surface area contributed by atoms with E-state index in [1.165, 1.54) is 10.9 Å². The van der Waals surface area contributed by atoms with E-state index in [1.807, 2.05) is 13.8 Å². The third-order valence-electron chi connectivity index (χ3n) is 3.07. The van der Waals surface area contributed by atoms with Crippen LogP contribution in [0.2, 0.25) is 0 Å². The molecule has 2 aromatic rings. The Morgan fingerprint density at radius 2 is 1.96 bits per heavy atom. The molecule has 0 saturated heterocycles. The quantitative estimate of drug-likeness (QED) is 0.676. The number of nitrogens with two attached hydrogens (primary N) is 1. The molecule has 0 unspecified atom stereocenters. The second kappa shape index (κ2) is 8.94. The number of hydrogen-bond acceptors (Lipinski definition) is 6. The van der Waals surface area contributed by atoms with Crippen molar-refractivity contribution >= 4 is 29.9 Å². The molecule has 10 heteroatoms. The van der Waals surface area contributed by atoms with Crippen molar-refractivity contribution in [2.45, 2.75) is 19.9 Å². The third kappa shape index (κ3) is 5.28. The van der Waals surface area contributed by atoms with Gasteiger partial charge in [0.25, 0.3) is 0 Å². The van der Waals surface area contributed by atoms with Crippen LogP contribution in [0.5, 0.6) is 0 Å². The Labute approximate surface area is 145 Å². The first kappa shape index (κ1) is 19.5. The lowest BCUT2D eigenvalue weighted by Crippen LogP contribution is -2.46. The predicted octanol–water partition coefficient (Wildman–Crippen LogP) is 0.122. The Balaban J connectivity index is 0.00000288. The van der Waals surface area contributed by atoms with Gasteiger partial charge in [0.15, 0.2) is 0 Å². The monoisotopic (exact) mass is 353 g/mol. The molecule has 0 fully saturated rings. The topological polar surface area (TPSA) is 128 Å². The molecule has 0 bridgehead atoms. The van der Waals surface area contributed by atoms with Gasteiger partial charge in [-0.15, -0.1) is 12.4 Å². The molecule has 9 nitrogen and oxygen atoms in total. The maximum atomic E-state index is 11.8. The van der Waals surface area contributed by atoms with Crippen LogP contribution in [0.3, 0.4) is 0 Å². The van der Waals surface area contributed by atoms with Gasteiger partial charge in [0.1, 0.15) is 0 Å². The van der Waals surface area contributed by atoms with Gasteiger partial charge in [0.05, 0.1) is 30.7 Å². The number of rotatable bonds is 6. The summed E-state index contributed by atoms with van der Waals surface area (Å²) in [6, 6.07) is 1.06. The van der Waals surface area contributed by atoms with Gasteiger partial charge in [-0.05, 0) is 12.0 Å². The van der Waals surface area contributed by atoms with Gasteiger partial charge in [-0.1, -0.05) is 13.8 Å². The molecular weight excluding hydrogens is 334 g/mol. The molecule has 0 saturated carbocycles. The van der Waals surface area contributed by atoms with E-state index in [0.717, 1.165) is 0 Å². The summed E-state index contributed by atoms with van der Waals surface area (Å²) in [5.74, 6) is -0.335. The smallest absolute Gasteiger partial charge is 0.250 e. The van der Waals surface area contributed by atoms with E-state index in [4.69, 9.17) is 5.73 Å². The molecule has 0 spiro atoms. The van der Waals surface area contributed by atoms with E-state index in [2.05, 4.69) is 25.7 Å². The van der Waals surface area contributed by atoms with Crippen LogP contribution in [0.25, 0.3) is 5.95 Å². The normalized spacial score (nSPS) is 11.5. The van der Waals surface area contributed by atoms with E-state index in [1.54, 1.807) is 24.7 Å². The molecular formula is C14H20ClN7O2. The number of carbonyl (C=O) groups excluding carboxylic acids is 2. The van der Waals surface area contributed by atoms with Crippen molar-refractivity contribution in [3.63, 3.8) is 0 Å². The zero-order valence-electron chi connectivity index (χ0n) is 13.3. The average Bonchev–Trinajstić information content (AvgIpc) is 3.01. The molecule has 0 aromatic carbocycles. The van der Waals surface area contributed by atoms with E-state index in [0.29, 0.717) is 11.6 Å². The second-order valence-corrected chi connectivity index (χ2v) is 5.26. The summed E-state index contributed by atoms with van der Waals surface area (Å²) in [5.41, 5.74) is 6.17. The lowest BCUT2D eigenvalue weighted by atomic mass is 10.1. The number of aromatic nitrogens is 4. The van der Waals surface area contributed by atoms with Crippen LogP contribution >= 0.6 is 12.4 Å². The second-order valence-electron chi connectivity index (χ2n) is 5.26. The first-order valence-corrected chi connectivity index (χ1v) is 7.12. The highest BCUT2D eigenvalue weighted by molar-refractivity contribution is 5.95. The van der Waals surface area contributed by atoms with Crippen molar-refractivity contribution in [2.75, 3.05) is 11.9 Å². The SMILES string of the molecule is CC(C)[C@H](N)C(=O)NCC(=O)Nc1cnn(-c2ncccn2)c1.Cl. The first-order valence-electron chi connectivity index (χ1n) is 7.12. The van der Waals surface area contributed by atoms with Crippen LogP contribution in [0.15, 0.2) is 30.9 Å². The lowest BCUT2D eigenvalue weighted by Gasteiger charge is -2.14. The van der Waals surface area contributed by atoms with Crippen molar-refractivity contribution < 1.29 is 9.59 Å². The number of anilines is 1. The summed E-state index contributed by atoms with van der Waals surface area (Å²) >= 11 is 0. The zero-order valence-corrected chi connectivity index (χ0v) is 14.2. The molecule has 1 atom stereocenters. The van der Waals surface area contributed by atoms with Gasteiger partial charge >= 0.3 is 0 Å². The fourth-order valence-electron chi connectivity index (χ4n) is 1.70. The maximum Gasteiger partial charge on any atom is 0.250 e. The Morgan fingerprint density at radius 1 is 1.29 bits per heavy atom. The molecule has 2 aromatic heterocycles. The van der Waals surface area contributed by atoms with Crippen molar-refractivity contribution in [2.24, 2.45) is 11.7 Å². The van der Waals surface area contributed by atoms with E-state index < -0.39 is 6.04 Å². The van der Waals surface area contributed by atoms with Crippen LogP contribution in [-0.2, 0) is 9.59 Å². The minimum atomic E-state index is -0.638. The van der Waals surface area contributed by atoms with Gasteiger partial charge < -0.3 is 16.4 Å². The summed E-state index contributed by atoms with van der Waals surface area (Å²) < 4.78 is 1.43. The Kier molecular flexibility index (Phi) is 7.28. The number of amides is 2. The Bertz CT molecular complexity index is 675. The first-order chi connectivity index (χ1) is 11.0. The zero-order chi connectivity index (χ0) is 16.8. The van der Waals surface area contributed by atoms with Gasteiger partial charge in [-0.25, -0.2) is 14.6 Å². The Hall–Kier alpha value is -2.52. The van der Waals surface area contributed by atoms with Crippen molar-refractivity contribution in [3.05, 3.63) is 30.9 Å². The third-order valence-corrected chi connectivity index (χ3v) is 3.07. The van der Waals surface area contributed by atoms with Crippen LogP contribution < -0.4 is 16.4 Å². The highest BCUT2D eigenvalue weighted by Gasteiger charge is 2.17. The molecule has 130 valence electrons. The lowest BCUT2D eigenvalue weighted by molar-refractivity contribution is -0.125. The van der Waals surface area contributed by atoms with Crippen LogP contribution in [0, 0.1) is 5.92 Å². The largest absolute Gasteiger partial charge is 0.346 e. The van der Waals surface area contributed by atoms with Crippen LogP contribution in [0.4, 0.5) is 5.69 Å². The van der Waals surface area contributed by atoms with E-state index in [-0.39, 0.29) is 36.7 Å². The highest BCUT2D eigenvalue weighted by atomic mass is 35.5. The van der Waals surface area contributed by atoms with Crippen molar-refractivity contribution in [1.82, 2.24) is 25.1 Å². The summed E-state index contributed by atoms with van der Waals surface area (Å²) in [6.45, 7) is 3.51. The molecule has 4 N–H and O–H groups in total. The number of carbonyl (C=O) groups is 2. The molecule has 0 aliphatic carbocycles. The summed E-state index contributed by atoms with van der Waals surface area (Å²) in [5, 5.41) is 9.17. The predicted molar refractivity (Wildman–Crippen MR) is 90.9 cm³/mol. The molecule has 2 amide bonds. The number of hydrogen-bond donors (Lipinski definition) is 3. The molecule has 2 heterocycles. The molecule has 0 aliphatic rings. The van der Waals surface area contributed by atoms with E-state index >= 15 is 0 Å². The van der Waals surface area contributed by atoms with Gasteiger partial charge in [-0.2, -0.15) is 5.10 Å². The van der Waals surface area contributed by atoms with Crippen molar-refractivity contribution in [3.8, 4) is 5.95 Å². The molecule has 2 rings (SSSR count). The molecule has 24 heavy (non-hydrogen) atoms. The number of nitrogens with one attached hydrogen (secondary N) is 2. The van der Waals surface area contributed by atoms with Gasteiger partial charge in [-0.3, -0.25) is 9.59 Å². The number of nitrogens with zero attached hydrogens (tertiary/aromatic N) is 4. The summed E-state index contributed by atoms with van der Waals surface area (Å²) in [4.78, 5) is 31.6. The minimum Gasteiger partial charge on any atom is -0.346 e. The average molecular weight is 354 g/mol. The fraction of sp³-hybridized carbons (Fsp3) is 0.357. The molecule has 0 radical (unpaired) electrons. The number of halogens is 1. The Morgan fingerprint density at radius 3 is 2.58 bits per heavy atom. The summed E-state index contributed by atoms with van der Waals surface area (Å²) in [6.07, 6.45) is 6.23. The van der Waals surface area contributed by atoms with Gasteiger partial charge in [0, 0.05) is 12.4 Å². The van der Waals surface area contributed by atoms with E-state index in [9.17, 15) is 9.59 Å². The van der Waals surface area contributed by atoms with Crippen LogP contribution in [0.1, 0.15) is 13.8 Å². The fourth-order valence-corrected chi connectivity index (χ4v) is 1.70. The molecule has 0 aliphatic heterocycles. The highest BCUT2D eigenvalue weighted by Crippen LogP contribution is 2.07. The minimum absolute atomic E-state index is 0. The van der Waals surface area contributed by atoms with Crippen molar-refractivity contribution in [1.29, 1.82) is 0 Å². The standard InChI is InChI=1S/C14H19N7O2.ClH/c1-9(2)12(15)13(23)18-7-11(22)20-10-6-19-21(8-10)14-16-4-3-5-17-14;/h3-6,8-9,12H,7,15H2,1-2H3,(H,18,23)(H,20,22);1H/t12-;/m0./s1. The maximum absolute atomic E-state index is 11.8.